The number of hydrogen-bond donors (Lipinski definition) is 1. The average molecular weight is 327 g/mol. The number of benzene rings is 1. The van der Waals surface area contributed by atoms with E-state index < -0.39 is 0 Å². The van der Waals surface area contributed by atoms with Gasteiger partial charge in [-0.2, -0.15) is 0 Å². The molecule has 1 amide bonds. The first kappa shape index (κ1) is 13.5. The monoisotopic (exact) mass is 326 g/mol. The summed E-state index contributed by atoms with van der Waals surface area (Å²) < 4.78 is 0.913. The maximum atomic E-state index is 12.1. The van der Waals surface area contributed by atoms with Gasteiger partial charge < -0.3 is 10.6 Å². The lowest BCUT2D eigenvalue weighted by Crippen LogP contribution is -2.32. The Labute approximate surface area is 120 Å². The lowest BCUT2D eigenvalue weighted by Gasteiger charge is -2.23. The van der Waals surface area contributed by atoms with Crippen LogP contribution in [0.25, 0.3) is 0 Å². The highest BCUT2D eigenvalue weighted by Crippen LogP contribution is 2.27. The molecule has 1 fully saturated rings. The Hall–Kier alpha value is -0.940. The molecule has 0 spiro atoms. The quantitative estimate of drug-likeness (QED) is 0.850. The molecule has 1 aliphatic rings. The van der Waals surface area contributed by atoms with Crippen molar-refractivity contribution in [1.29, 1.82) is 0 Å². The molecule has 18 heavy (non-hydrogen) atoms. The van der Waals surface area contributed by atoms with Crippen molar-refractivity contribution in [2.24, 2.45) is 5.73 Å². The topological polar surface area (TPSA) is 46.3 Å². The van der Waals surface area contributed by atoms with E-state index in [-0.39, 0.29) is 5.91 Å². The van der Waals surface area contributed by atoms with Gasteiger partial charge in [0.05, 0.1) is 5.69 Å². The third-order valence-corrected chi connectivity index (χ3v) is 3.80. The van der Waals surface area contributed by atoms with Crippen molar-refractivity contribution in [3.05, 3.63) is 28.2 Å². The first-order chi connectivity index (χ1) is 8.59. The van der Waals surface area contributed by atoms with Gasteiger partial charge in [0.2, 0.25) is 5.91 Å². The summed E-state index contributed by atoms with van der Waals surface area (Å²) in [6.07, 6.45) is 3.70. The smallest absolute Gasteiger partial charge is 0.226 e. The van der Waals surface area contributed by atoms with Gasteiger partial charge >= 0.3 is 0 Å². The summed E-state index contributed by atoms with van der Waals surface area (Å²) in [5, 5.41) is 0. The van der Waals surface area contributed by atoms with Crippen molar-refractivity contribution < 1.29 is 4.79 Å². The number of hydrogen-bond acceptors (Lipinski definition) is 2. The predicted molar refractivity (Wildman–Crippen MR) is 80.9 cm³/mol. The summed E-state index contributed by atoms with van der Waals surface area (Å²) >= 11 is 8.47. The maximum absolute atomic E-state index is 12.1. The van der Waals surface area contributed by atoms with Gasteiger partial charge in [0, 0.05) is 23.0 Å². The van der Waals surface area contributed by atoms with Crippen LogP contribution in [-0.4, -0.2) is 17.4 Å². The second kappa shape index (κ2) is 5.80. The molecule has 1 aromatic rings. The van der Waals surface area contributed by atoms with Crippen LogP contribution in [0.3, 0.4) is 0 Å². The maximum Gasteiger partial charge on any atom is 0.226 e. The molecule has 0 bridgehead atoms. The summed E-state index contributed by atoms with van der Waals surface area (Å²) in [6.45, 7) is 0.746. The molecule has 0 aromatic heterocycles. The van der Waals surface area contributed by atoms with Crippen LogP contribution in [-0.2, 0) is 4.79 Å². The lowest BCUT2D eigenvalue weighted by atomic mass is 10.1. The minimum atomic E-state index is 0.160. The SMILES string of the molecule is NC(=S)c1cc(Br)ccc1N1CCCCCC1=O. The summed E-state index contributed by atoms with van der Waals surface area (Å²) in [7, 11) is 0. The number of carbonyl (C=O) groups excluding carboxylic acids is 1. The summed E-state index contributed by atoms with van der Waals surface area (Å²) in [4.78, 5) is 14.2. The minimum Gasteiger partial charge on any atom is -0.389 e. The lowest BCUT2D eigenvalue weighted by molar-refractivity contribution is -0.118. The highest BCUT2D eigenvalue weighted by atomic mass is 79.9. The third kappa shape index (κ3) is 2.90. The second-order valence-corrected chi connectivity index (χ2v) is 5.74. The van der Waals surface area contributed by atoms with Crippen LogP contribution in [0.15, 0.2) is 22.7 Å². The van der Waals surface area contributed by atoms with Crippen LogP contribution in [0.2, 0.25) is 0 Å². The van der Waals surface area contributed by atoms with E-state index in [0.717, 1.165) is 41.5 Å². The van der Waals surface area contributed by atoms with E-state index in [1.807, 2.05) is 23.1 Å². The molecular formula is C13H15BrN2OS. The Bertz CT molecular complexity index is 490. The van der Waals surface area contributed by atoms with E-state index in [4.69, 9.17) is 18.0 Å². The number of halogens is 1. The van der Waals surface area contributed by atoms with E-state index in [2.05, 4.69) is 15.9 Å². The first-order valence-electron chi connectivity index (χ1n) is 5.99. The standard InChI is InChI=1S/C13H15BrN2OS/c14-9-5-6-11(10(8-9)13(15)18)16-7-3-1-2-4-12(16)17/h5-6,8H,1-4,7H2,(H2,15,18). The summed E-state index contributed by atoms with van der Waals surface area (Å²) in [5.41, 5.74) is 7.34. The normalized spacial score (nSPS) is 16.5. The average Bonchev–Trinajstić information content (AvgIpc) is 2.54. The van der Waals surface area contributed by atoms with E-state index in [9.17, 15) is 4.79 Å². The first-order valence-corrected chi connectivity index (χ1v) is 7.19. The number of nitrogens with zero attached hydrogens (tertiary/aromatic N) is 1. The molecule has 1 saturated heterocycles. The Morgan fingerprint density at radius 2 is 2.11 bits per heavy atom. The van der Waals surface area contributed by atoms with Crippen LogP contribution in [0.4, 0.5) is 5.69 Å². The van der Waals surface area contributed by atoms with Gasteiger partial charge in [0.1, 0.15) is 4.99 Å². The van der Waals surface area contributed by atoms with Gasteiger partial charge in [-0.25, -0.2) is 0 Å². The summed E-state index contributed by atoms with van der Waals surface area (Å²) in [5.74, 6) is 0.160. The van der Waals surface area contributed by atoms with Gasteiger partial charge in [0.15, 0.2) is 0 Å². The fraction of sp³-hybridized carbons (Fsp3) is 0.385. The number of thiocarbonyl (C=S) groups is 1. The van der Waals surface area contributed by atoms with Gasteiger partial charge in [-0.3, -0.25) is 4.79 Å². The Morgan fingerprint density at radius 3 is 2.83 bits per heavy atom. The molecule has 1 aliphatic heterocycles. The van der Waals surface area contributed by atoms with Crippen molar-refractivity contribution in [3.63, 3.8) is 0 Å². The molecule has 2 rings (SSSR count). The number of amides is 1. The van der Waals surface area contributed by atoms with Crippen molar-refractivity contribution in [2.75, 3.05) is 11.4 Å². The van der Waals surface area contributed by atoms with Gasteiger partial charge in [-0.15, -0.1) is 0 Å². The zero-order chi connectivity index (χ0) is 13.1. The fourth-order valence-corrected chi connectivity index (χ4v) is 2.70. The molecule has 96 valence electrons. The van der Waals surface area contributed by atoms with Crippen LogP contribution in [0.5, 0.6) is 0 Å². The highest BCUT2D eigenvalue weighted by molar-refractivity contribution is 9.10. The van der Waals surface area contributed by atoms with Crippen LogP contribution >= 0.6 is 28.1 Å². The van der Waals surface area contributed by atoms with Gasteiger partial charge in [0.25, 0.3) is 0 Å². The number of rotatable bonds is 2. The highest BCUT2D eigenvalue weighted by Gasteiger charge is 2.21. The molecule has 0 saturated carbocycles. The van der Waals surface area contributed by atoms with Gasteiger partial charge in [-0.1, -0.05) is 34.6 Å². The van der Waals surface area contributed by atoms with Crippen LogP contribution in [0.1, 0.15) is 31.2 Å². The molecule has 0 radical (unpaired) electrons. The molecule has 1 aromatic carbocycles. The Kier molecular flexibility index (Phi) is 4.35. The number of anilines is 1. The van der Waals surface area contributed by atoms with E-state index in [1.165, 1.54) is 0 Å². The third-order valence-electron chi connectivity index (χ3n) is 3.09. The molecule has 0 aliphatic carbocycles. The fourth-order valence-electron chi connectivity index (χ4n) is 2.18. The van der Waals surface area contributed by atoms with Crippen molar-refractivity contribution >= 4 is 44.7 Å². The molecule has 5 heteroatoms. The van der Waals surface area contributed by atoms with Crippen LogP contribution in [0, 0.1) is 0 Å². The molecule has 0 atom stereocenters. The number of carbonyl (C=O) groups is 1. The van der Waals surface area contributed by atoms with E-state index in [0.29, 0.717) is 11.4 Å². The largest absolute Gasteiger partial charge is 0.389 e. The molecule has 3 nitrogen and oxygen atoms in total. The van der Waals surface area contributed by atoms with Gasteiger partial charge in [-0.05, 0) is 31.0 Å². The van der Waals surface area contributed by atoms with Crippen molar-refractivity contribution in [2.45, 2.75) is 25.7 Å². The zero-order valence-corrected chi connectivity index (χ0v) is 12.4. The molecular weight excluding hydrogens is 312 g/mol. The molecule has 0 unspecified atom stereocenters. The van der Waals surface area contributed by atoms with Crippen molar-refractivity contribution in [1.82, 2.24) is 0 Å². The van der Waals surface area contributed by atoms with Crippen LogP contribution < -0.4 is 10.6 Å². The predicted octanol–water partition coefficient (Wildman–Crippen LogP) is 2.99. The second-order valence-electron chi connectivity index (χ2n) is 4.38. The van der Waals surface area contributed by atoms with E-state index >= 15 is 0 Å². The number of nitrogens with two attached hydrogens (primary N) is 1. The minimum absolute atomic E-state index is 0.160. The Balaban J connectivity index is 2.42. The Morgan fingerprint density at radius 1 is 1.33 bits per heavy atom. The van der Waals surface area contributed by atoms with Crippen molar-refractivity contribution in [3.8, 4) is 0 Å². The zero-order valence-electron chi connectivity index (χ0n) is 9.99. The summed E-state index contributed by atoms with van der Waals surface area (Å²) in [6, 6.07) is 5.69. The molecule has 2 N–H and O–H groups in total. The molecule has 1 heterocycles. The van der Waals surface area contributed by atoms with E-state index in [1.54, 1.807) is 0 Å².